The number of carbonyl (C=O) groups is 2. The highest BCUT2D eigenvalue weighted by molar-refractivity contribution is 6.00. The number of amides is 2. The molecule has 1 spiro atoms. The summed E-state index contributed by atoms with van der Waals surface area (Å²) < 4.78 is 0. The molecule has 3 fully saturated rings. The summed E-state index contributed by atoms with van der Waals surface area (Å²) in [7, 11) is 0. The maximum absolute atomic E-state index is 13.8. The fraction of sp³-hybridized carbons (Fsp3) is 0.576. The minimum Gasteiger partial charge on any atom is -0.390 e. The molecule has 2 saturated heterocycles. The monoisotopic (exact) mass is 547 g/mol. The Labute approximate surface area is 238 Å². The number of piperazine rings is 1. The largest absolute Gasteiger partial charge is 0.390 e. The average Bonchev–Trinajstić information content (AvgIpc) is 3.00. The molecule has 0 radical (unpaired) electrons. The molecule has 2 aliphatic heterocycles. The van der Waals surface area contributed by atoms with Crippen LogP contribution in [0.25, 0.3) is 0 Å². The second-order valence-electron chi connectivity index (χ2n) is 12.0. The number of benzene rings is 2. The Hall–Kier alpha value is -2.74. The predicted octanol–water partition coefficient (Wildman–Crippen LogP) is 4.17. The molecule has 1 aliphatic carbocycles. The first-order chi connectivity index (χ1) is 19.4. The zero-order valence-corrected chi connectivity index (χ0v) is 23.8. The SMILES string of the molecule is CCCCN1C(=O)[C@@H]([C@H](O)C2CCCCC2)NC(=O)C12CCN(Cc1ccc([C@H](O)c3ccccc3)cc1)CC2. The zero-order valence-electron chi connectivity index (χ0n) is 23.8. The Kier molecular flexibility index (Phi) is 9.24. The van der Waals surface area contributed by atoms with Crippen LogP contribution in [0.15, 0.2) is 54.6 Å². The van der Waals surface area contributed by atoms with Gasteiger partial charge in [-0.25, -0.2) is 0 Å². The third-order valence-electron chi connectivity index (χ3n) is 9.47. The molecule has 3 atom stereocenters. The molecular formula is C33H45N3O4. The topological polar surface area (TPSA) is 93.1 Å². The molecule has 5 rings (SSSR count). The second kappa shape index (κ2) is 12.8. The van der Waals surface area contributed by atoms with Crippen LogP contribution in [-0.2, 0) is 16.1 Å². The fourth-order valence-electron chi connectivity index (χ4n) is 6.93. The van der Waals surface area contributed by atoms with Gasteiger partial charge in [0.25, 0.3) is 0 Å². The number of carbonyl (C=O) groups excluding carboxylic acids is 2. The van der Waals surface area contributed by atoms with Gasteiger partial charge in [-0.3, -0.25) is 14.5 Å². The van der Waals surface area contributed by atoms with Crippen molar-refractivity contribution in [2.75, 3.05) is 19.6 Å². The van der Waals surface area contributed by atoms with E-state index in [2.05, 4.69) is 29.3 Å². The summed E-state index contributed by atoms with van der Waals surface area (Å²) in [4.78, 5) is 31.7. The van der Waals surface area contributed by atoms with E-state index in [1.54, 1.807) is 0 Å². The van der Waals surface area contributed by atoms with Gasteiger partial charge in [-0.15, -0.1) is 0 Å². The van der Waals surface area contributed by atoms with Crippen LogP contribution < -0.4 is 5.32 Å². The van der Waals surface area contributed by atoms with Gasteiger partial charge in [0.2, 0.25) is 11.8 Å². The Morgan fingerprint density at radius 3 is 2.23 bits per heavy atom. The maximum atomic E-state index is 13.8. The van der Waals surface area contributed by atoms with E-state index in [4.69, 9.17) is 0 Å². The lowest BCUT2D eigenvalue weighted by molar-refractivity contribution is -0.166. The van der Waals surface area contributed by atoms with Gasteiger partial charge in [0, 0.05) is 26.2 Å². The van der Waals surface area contributed by atoms with E-state index in [1.165, 1.54) is 6.42 Å². The van der Waals surface area contributed by atoms with E-state index in [-0.39, 0.29) is 17.7 Å². The molecule has 7 heteroatoms. The van der Waals surface area contributed by atoms with Gasteiger partial charge in [0.05, 0.1) is 6.10 Å². The molecule has 2 heterocycles. The van der Waals surface area contributed by atoms with Crippen molar-refractivity contribution >= 4 is 11.8 Å². The van der Waals surface area contributed by atoms with Crippen molar-refractivity contribution in [2.45, 2.75) is 95.0 Å². The number of hydrogen-bond donors (Lipinski definition) is 3. The van der Waals surface area contributed by atoms with Crippen LogP contribution in [0.1, 0.15) is 87.5 Å². The molecule has 3 N–H and O–H groups in total. The van der Waals surface area contributed by atoms with Crippen LogP contribution in [0.3, 0.4) is 0 Å². The fourth-order valence-corrected chi connectivity index (χ4v) is 6.93. The number of likely N-dealkylation sites (tertiary alicyclic amines) is 1. The molecule has 0 bridgehead atoms. The first kappa shape index (κ1) is 28.8. The molecule has 2 amide bonds. The van der Waals surface area contributed by atoms with Crippen molar-refractivity contribution in [1.82, 2.24) is 15.1 Å². The van der Waals surface area contributed by atoms with Crippen LogP contribution in [0.5, 0.6) is 0 Å². The van der Waals surface area contributed by atoms with E-state index in [1.807, 2.05) is 47.4 Å². The zero-order chi connectivity index (χ0) is 28.1. The van der Waals surface area contributed by atoms with Gasteiger partial charge < -0.3 is 20.4 Å². The van der Waals surface area contributed by atoms with Crippen LogP contribution in [0.2, 0.25) is 0 Å². The van der Waals surface area contributed by atoms with E-state index in [0.29, 0.717) is 32.5 Å². The molecule has 2 aromatic carbocycles. The lowest BCUT2D eigenvalue weighted by Crippen LogP contribution is -2.75. The van der Waals surface area contributed by atoms with Crippen LogP contribution in [0.4, 0.5) is 0 Å². The van der Waals surface area contributed by atoms with Crippen LogP contribution >= 0.6 is 0 Å². The van der Waals surface area contributed by atoms with E-state index in [0.717, 1.165) is 61.8 Å². The first-order valence-corrected chi connectivity index (χ1v) is 15.3. The molecule has 216 valence electrons. The molecule has 7 nitrogen and oxygen atoms in total. The van der Waals surface area contributed by atoms with Gasteiger partial charge in [0.15, 0.2) is 0 Å². The molecular weight excluding hydrogens is 502 g/mol. The average molecular weight is 548 g/mol. The minimum atomic E-state index is -0.838. The predicted molar refractivity (Wildman–Crippen MR) is 155 cm³/mol. The number of hydrogen-bond acceptors (Lipinski definition) is 5. The number of rotatable bonds is 9. The number of unbranched alkanes of at least 4 members (excludes halogenated alkanes) is 1. The van der Waals surface area contributed by atoms with Crippen molar-refractivity contribution in [3.8, 4) is 0 Å². The number of aliphatic hydroxyl groups excluding tert-OH is 2. The summed E-state index contributed by atoms with van der Waals surface area (Å²) in [5, 5.41) is 24.9. The highest BCUT2D eigenvalue weighted by Gasteiger charge is 2.55. The third kappa shape index (κ3) is 5.97. The summed E-state index contributed by atoms with van der Waals surface area (Å²) in [6.45, 7) is 4.84. The molecule has 40 heavy (non-hydrogen) atoms. The van der Waals surface area contributed by atoms with Crippen LogP contribution in [0, 0.1) is 5.92 Å². The van der Waals surface area contributed by atoms with Crippen LogP contribution in [-0.4, -0.2) is 69.1 Å². The highest BCUT2D eigenvalue weighted by Crippen LogP contribution is 2.36. The lowest BCUT2D eigenvalue weighted by Gasteiger charge is -2.52. The van der Waals surface area contributed by atoms with Gasteiger partial charge in [-0.05, 0) is 54.7 Å². The molecule has 3 aliphatic rings. The lowest BCUT2D eigenvalue weighted by atomic mass is 9.78. The standard InChI is InChI=1S/C33H45N3O4/c1-2-3-20-36-31(39)28(30(38)26-12-8-5-9-13-26)34-32(40)33(36)18-21-35(22-19-33)23-24-14-16-27(17-15-24)29(37)25-10-6-4-7-11-25/h4,6-7,10-11,14-17,26,28-30,37-38H,2-3,5,8-9,12-13,18-23H2,1H3,(H,34,40)/t28-,29-,30-/m1/s1. The third-order valence-corrected chi connectivity index (χ3v) is 9.47. The van der Waals surface area contributed by atoms with E-state index >= 15 is 0 Å². The molecule has 1 saturated carbocycles. The highest BCUT2D eigenvalue weighted by atomic mass is 16.3. The van der Waals surface area contributed by atoms with Crippen molar-refractivity contribution in [2.24, 2.45) is 5.92 Å². The number of piperidine rings is 1. The van der Waals surface area contributed by atoms with E-state index < -0.39 is 23.8 Å². The summed E-state index contributed by atoms with van der Waals surface area (Å²) in [6.07, 6.45) is 6.66. The molecule has 2 aromatic rings. The quantitative estimate of drug-likeness (QED) is 0.438. The Morgan fingerprint density at radius 2 is 1.57 bits per heavy atom. The molecule has 0 aromatic heterocycles. The summed E-state index contributed by atoms with van der Waals surface area (Å²) in [5.41, 5.74) is 2.05. The number of nitrogens with one attached hydrogen (secondary N) is 1. The Balaban J connectivity index is 1.23. The smallest absolute Gasteiger partial charge is 0.248 e. The number of nitrogens with zero attached hydrogens (tertiary/aromatic N) is 2. The first-order valence-electron chi connectivity index (χ1n) is 15.3. The maximum Gasteiger partial charge on any atom is 0.248 e. The molecule has 0 unspecified atom stereocenters. The number of aliphatic hydroxyl groups is 2. The van der Waals surface area contributed by atoms with Crippen molar-refractivity contribution in [3.63, 3.8) is 0 Å². The minimum absolute atomic E-state index is 0.0760. The Morgan fingerprint density at radius 1 is 0.925 bits per heavy atom. The summed E-state index contributed by atoms with van der Waals surface area (Å²) >= 11 is 0. The van der Waals surface area contributed by atoms with E-state index in [9.17, 15) is 19.8 Å². The van der Waals surface area contributed by atoms with Gasteiger partial charge in [-0.1, -0.05) is 87.2 Å². The van der Waals surface area contributed by atoms with Crippen molar-refractivity contribution < 1.29 is 19.8 Å². The second-order valence-corrected chi connectivity index (χ2v) is 12.0. The Bertz CT molecular complexity index is 1120. The van der Waals surface area contributed by atoms with Gasteiger partial charge in [0.1, 0.15) is 17.7 Å². The summed E-state index contributed by atoms with van der Waals surface area (Å²) in [5.74, 6) is -0.124. The van der Waals surface area contributed by atoms with Gasteiger partial charge >= 0.3 is 0 Å². The summed E-state index contributed by atoms with van der Waals surface area (Å²) in [6, 6.07) is 16.9. The van der Waals surface area contributed by atoms with Gasteiger partial charge in [-0.2, -0.15) is 0 Å². The van der Waals surface area contributed by atoms with Crippen molar-refractivity contribution in [3.05, 3.63) is 71.3 Å². The van der Waals surface area contributed by atoms with Crippen molar-refractivity contribution in [1.29, 1.82) is 0 Å². The normalized spacial score (nSPS) is 23.7.